The molecule has 0 aliphatic carbocycles. The van der Waals surface area contributed by atoms with Gasteiger partial charge in [-0.15, -0.1) is 0 Å². The maximum absolute atomic E-state index is 12.6. The van der Waals surface area contributed by atoms with E-state index in [1.807, 2.05) is 12.1 Å². The van der Waals surface area contributed by atoms with E-state index in [0.717, 1.165) is 31.1 Å². The van der Waals surface area contributed by atoms with E-state index in [-0.39, 0.29) is 22.4 Å². The third kappa shape index (κ3) is 6.01. The van der Waals surface area contributed by atoms with Gasteiger partial charge >= 0.3 is 0 Å². The molecule has 28 heavy (non-hydrogen) atoms. The van der Waals surface area contributed by atoms with Gasteiger partial charge in [-0.1, -0.05) is 31.2 Å². The molecule has 2 heterocycles. The van der Waals surface area contributed by atoms with Crippen molar-refractivity contribution >= 4 is 17.7 Å². The third-order valence-corrected chi connectivity index (χ3v) is 5.57. The second-order valence-electron chi connectivity index (χ2n) is 7.22. The molecule has 0 saturated carbocycles. The number of hydrogen-bond acceptors (Lipinski definition) is 4. The number of likely N-dealkylation sites (tertiary alicyclic amines) is 1. The van der Waals surface area contributed by atoms with Crippen LogP contribution in [0, 0.1) is 5.92 Å². The van der Waals surface area contributed by atoms with E-state index in [2.05, 4.69) is 34.3 Å². The number of carbonyl (C=O) groups excluding carboxylic acids is 1. The maximum atomic E-state index is 12.6. The summed E-state index contributed by atoms with van der Waals surface area (Å²) in [6.07, 6.45) is 3.97. The van der Waals surface area contributed by atoms with Crippen molar-refractivity contribution in [1.29, 1.82) is 0 Å². The molecule has 150 valence electrons. The lowest BCUT2D eigenvalue weighted by molar-refractivity contribution is 0.0947. The van der Waals surface area contributed by atoms with E-state index >= 15 is 0 Å². The van der Waals surface area contributed by atoms with Crippen molar-refractivity contribution in [3.63, 3.8) is 0 Å². The van der Waals surface area contributed by atoms with Crippen LogP contribution in [-0.2, 0) is 13.1 Å². The molecule has 3 rings (SSSR count). The molecule has 7 heteroatoms. The summed E-state index contributed by atoms with van der Waals surface area (Å²) in [5, 5.41) is 2.83. The molecular formula is C21H25F2N3OS. The molecule has 1 fully saturated rings. The first-order valence-corrected chi connectivity index (χ1v) is 10.4. The van der Waals surface area contributed by atoms with Crippen LogP contribution in [0.1, 0.15) is 41.3 Å². The highest BCUT2D eigenvalue weighted by atomic mass is 32.2. The molecular weight excluding hydrogens is 380 g/mol. The molecule has 1 aliphatic rings. The SMILES string of the molecule is CC1CCCN(Cc2ccc(CNC(=O)c3cccnc3SC(F)F)cc2)C1. The molecule has 1 aromatic carbocycles. The van der Waals surface area contributed by atoms with Crippen LogP contribution in [0.3, 0.4) is 0 Å². The number of rotatable bonds is 7. The molecule has 2 aromatic rings. The number of aromatic nitrogens is 1. The monoisotopic (exact) mass is 405 g/mol. The summed E-state index contributed by atoms with van der Waals surface area (Å²) in [4.78, 5) is 18.7. The number of nitrogens with zero attached hydrogens (tertiary/aromatic N) is 2. The Kier molecular flexibility index (Phi) is 7.39. The fourth-order valence-electron chi connectivity index (χ4n) is 3.47. The predicted molar refractivity (Wildman–Crippen MR) is 107 cm³/mol. The Morgan fingerprint density at radius 2 is 2.04 bits per heavy atom. The molecule has 0 radical (unpaired) electrons. The molecule has 0 bridgehead atoms. The maximum Gasteiger partial charge on any atom is 0.290 e. The minimum absolute atomic E-state index is 0.0427. The van der Waals surface area contributed by atoms with Crippen molar-refractivity contribution in [2.45, 2.75) is 43.6 Å². The van der Waals surface area contributed by atoms with Crippen molar-refractivity contribution in [3.8, 4) is 0 Å². The lowest BCUT2D eigenvalue weighted by Crippen LogP contribution is -2.33. The van der Waals surface area contributed by atoms with Gasteiger partial charge in [-0.2, -0.15) is 8.78 Å². The van der Waals surface area contributed by atoms with Crippen LogP contribution >= 0.6 is 11.8 Å². The Hall–Kier alpha value is -1.99. The lowest BCUT2D eigenvalue weighted by atomic mass is 9.99. The predicted octanol–water partition coefficient (Wildman–Crippen LogP) is 4.56. The number of piperidine rings is 1. The number of nitrogens with one attached hydrogen (secondary N) is 1. The second kappa shape index (κ2) is 9.98. The van der Waals surface area contributed by atoms with Crippen molar-refractivity contribution in [1.82, 2.24) is 15.2 Å². The molecule has 1 aromatic heterocycles. The fourth-order valence-corrected chi connectivity index (χ4v) is 4.05. The van der Waals surface area contributed by atoms with Crippen molar-refractivity contribution in [2.24, 2.45) is 5.92 Å². The van der Waals surface area contributed by atoms with Crippen LogP contribution in [-0.4, -0.2) is 34.6 Å². The molecule has 0 spiro atoms. The van der Waals surface area contributed by atoms with Gasteiger partial charge in [-0.05, 0) is 60.3 Å². The minimum atomic E-state index is -2.61. The van der Waals surface area contributed by atoms with Gasteiger partial charge in [-0.3, -0.25) is 9.69 Å². The highest BCUT2D eigenvalue weighted by Crippen LogP contribution is 2.26. The van der Waals surface area contributed by atoms with Gasteiger partial charge in [0.25, 0.3) is 11.7 Å². The van der Waals surface area contributed by atoms with Crippen LogP contribution < -0.4 is 5.32 Å². The largest absolute Gasteiger partial charge is 0.348 e. The quantitative estimate of drug-likeness (QED) is 0.686. The Bertz CT molecular complexity index is 785. The van der Waals surface area contributed by atoms with Gasteiger partial charge in [0.15, 0.2) is 0 Å². The normalized spacial score (nSPS) is 17.6. The van der Waals surface area contributed by atoms with E-state index in [1.54, 1.807) is 6.07 Å². The zero-order valence-corrected chi connectivity index (χ0v) is 16.7. The molecule has 1 saturated heterocycles. The van der Waals surface area contributed by atoms with Crippen LogP contribution in [0.5, 0.6) is 0 Å². The van der Waals surface area contributed by atoms with Gasteiger partial charge in [0, 0.05) is 25.8 Å². The highest BCUT2D eigenvalue weighted by molar-refractivity contribution is 7.99. The number of thioether (sulfide) groups is 1. The minimum Gasteiger partial charge on any atom is -0.348 e. The average molecular weight is 406 g/mol. The second-order valence-corrected chi connectivity index (χ2v) is 8.20. The number of halogens is 2. The zero-order chi connectivity index (χ0) is 19.9. The van der Waals surface area contributed by atoms with Crippen LogP contribution in [0.15, 0.2) is 47.6 Å². The first-order valence-electron chi connectivity index (χ1n) is 9.49. The molecule has 4 nitrogen and oxygen atoms in total. The number of pyridine rings is 1. The highest BCUT2D eigenvalue weighted by Gasteiger charge is 2.17. The zero-order valence-electron chi connectivity index (χ0n) is 15.9. The summed E-state index contributed by atoms with van der Waals surface area (Å²) in [5.74, 6) is -2.26. The average Bonchev–Trinajstić information content (AvgIpc) is 2.67. The Balaban J connectivity index is 1.54. The molecule has 1 unspecified atom stereocenters. The summed E-state index contributed by atoms with van der Waals surface area (Å²) in [7, 11) is 0. The Morgan fingerprint density at radius 1 is 1.29 bits per heavy atom. The summed E-state index contributed by atoms with van der Waals surface area (Å²) in [5.41, 5.74) is 2.40. The summed E-state index contributed by atoms with van der Waals surface area (Å²) in [6, 6.07) is 11.3. The smallest absolute Gasteiger partial charge is 0.290 e. The Morgan fingerprint density at radius 3 is 2.75 bits per heavy atom. The van der Waals surface area contributed by atoms with Gasteiger partial charge < -0.3 is 5.32 Å². The van der Waals surface area contributed by atoms with Gasteiger partial charge in [0.2, 0.25) is 0 Å². The van der Waals surface area contributed by atoms with Crippen molar-refractivity contribution in [2.75, 3.05) is 13.1 Å². The summed E-state index contributed by atoms with van der Waals surface area (Å²) < 4.78 is 25.3. The van der Waals surface area contributed by atoms with Crippen LogP contribution in [0.25, 0.3) is 0 Å². The van der Waals surface area contributed by atoms with E-state index in [1.165, 1.54) is 30.7 Å². The van der Waals surface area contributed by atoms with E-state index in [9.17, 15) is 13.6 Å². The molecule has 1 amide bonds. The fraction of sp³-hybridized carbons (Fsp3) is 0.429. The number of carbonyl (C=O) groups is 1. The van der Waals surface area contributed by atoms with Gasteiger partial charge in [0.1, 0.15) is 5.03 Å². The summed E-state index contributed by atoms with van der Waals surface area (Å²) >= 11 is 0.284. The van der Waals surface area contributed by atoms with Gasteiger partial charge in [0.05, 0.1) is 5.56 Å². The number of alkyl halides is 2. The topological polar surface area (TPSA) is 45.2 Å². The third-order valence-electron chi connectivity index (χ3n) is 4.84. The molecule has 1 N–H and O–H groups in total. The van der Waals surface area contributed by atoms with Crippen molar-refractivity contribution in [3.05, 3.63) is 59.3 Å². The number of hydrogen-bond donors (Lipinski definition) is 1. The number of amides is 1. The van der Waals surface area contributed by atoms with E-state index in [4.69, 9.17) is 0 Å². The van der Waals surface area contributed by atoms with Crippen LogP contribution in [0.2, 0.25) is 0 Å². The van der Waals surface area contributed by atoms with Crippen molar-refractivity contribution < 1.29 is 13.6 Å². The van der Waals surface area contributed by atoms with Gasteiger partial charge in [-0.25, -0.2) is 4.98 Å². The summed E-state index contributed by atoms with van der Waals surface area (Å²) in [6.45, 7) is 5.87. The first-order chi connectivity index (χ1) is 13.5. The molecule has 1 atom stereocenters. The Labute approximate surface area is 168 Å². The molecule has 1 aliphatic heterocycles. The lowest BCUT2D eigenvalue weighted by Gasteiger charge is -2.30. The van der Waals surface area contributed by atoms with E-state index < -0.39 is 11.7 Å². The first kappa shape index (κ1) is 20.7. The standard InChI is InChI=1S/C21H25F2N3OS/c1-15-4-3-11-26(13-15)14-17-8-6-16(7-9-17)12-25-19(27)18-5-2-10-24-20(18)28-21(22)23/h2,5-10,15,21H,3-4,11-14H2,1H3,(H,25,27). The number of benzene rings is 1. The van der Waals surface area contributed by atoms with E-state index in [0.29, 0.717) is 6.54 Å². The van der Waals surface area contributed by atoms with Crippen LogP contribution in [0.4, 0.5) is 8.78 Å².